The Morgan fingerprint density at radius 3 is 2.50 bits per heavy atom. The zero-order valence-electron chi connectivity index (χ0n) is 9.65. The summed E-state index contributed by atoms with van der Waals surface area (Å²) in [5, 5.41) is 0. The third-order valence-corrected chi connectivity index (χ3v) is 3.23. The Balaban J connectivity index is 1.93. The quantitative estimate of drug-likeness (QED) is 0.789. The molecule has 1 amide bonds. The van der Waals surface area contributed by atoms with Gasteiger partial charge in [0, 0.05) is 25.2 Å². The van der Waals surface area contributed by atoms with E-state index in [1.54, 1.807) is 0 Å². The van der Waals surface area contributed by atoms with Crippen molar-refractivity contribution in [3.05, 3.63) is 29.8 Å². The molecule has 1 fully saturated rings. The molecule has 1 aromatic rings. The lowest BCUT2D eigenvalue weighted by Crippen LogP contribution is -2.35. The van der Waals surface area contributed by atoms with Crippen molar-refractivity contribution in [2.24, 2.45) is 5.92 Å². The molecule has 86 valence electrons. The van der Waals surface area contributed by atoms with Gasteiger partial charge in [-0.05, 0) is 30.5 Å². The first-order valence-electron chi connectivity index (χ1n) is 5.76. The third-order valence-electron chi connectivity index (χ3n) is 3.23. The minimum atomic E-state index is 0.277. The van der Waals surface area contributed by atoms with Crippen LogP contribution in [0.5, 0.6) is 0 Å². The van der Waals surface area contributed by atoms with Crippen molar-refractivity contribution in [3.63, 3.8) is 0 Å². The standard InChI is InChI=1S/C13H18N2O/c1-15(13(16)11-3-2-4-11)9-10-5-7-12(14)8-6-10/h5-8,11H,2-4,9,14H2,1H3. The smallest absolute Gasteiger partial charge is 0.225 e. The fourth-order valence-corrected chi connectivity index (χ4v) is 1.94. The molecule has 0 bridgehead atoms. The van der Waals surface area contributed by atoms with E-state index < -0.39 is 0 Å². The summed E-state index contributed by atoms with van der Waals surface area (Å²) in [5.41, 5.74) is 7.51. The van der Waals surface area contributed by atoms with Gasteiger partial charge in [0.25, 0.3) is 0 Å². The average molecular weight is 218 g/mol. The number of hydrogen-bond donors (Lipinski definition) is 1. The van der Waals surface area contributed by atoms with Gasteiger partial charge in [0.1, 0.15) is 0 Å². The molecule has 1 saturated carbocycles. The number of carbonyl (C=O) groups excluding carboxylic acids is 1. The first-order chi connectivity index (χ1) is 7.66. The van der Waals surface area contributed by atoms with Crippen molar-refractivity contribution in [1.29, 1.82) is 0 Å². The number of hydrogen-bond acceptors (Lipinski definition) is 2. The van der Waals surface area contributed by atoms with Crippen molar-refractivity contribution in [3.8, 4) is 0 Å². The van der Waals surface area contributed by atoms with Crippen LogP contribution in [-0.4, -0.2) is 17.9 Å². The summed E-state index contributed by atoms with van der Waals surface area (Å²) in [6.45, 7) is 0.676. The Morgan fingerprint density at radius 1 is 1.38 bits per heavy atom. The van der Waals surface area contributed by atoms with Crippen LogP contribution in [0.1, 0.15) is 24.8 Å². The zero-order valence-corrected chi connectivity index (χ0v) is 9.65. The predicted octanol–water partition coefficient (Wildman–Crippen LogP) is 2.03. The maximum Gasteiger partial charge on any atom is 0.225 e. The van der Waals surface area contributed by atoms with Crippen LogP contribution in [0.3, 0.4) is 0 Å². The van der Waals surface area contributed by atoms with Crippen LogP contribution in [0.25, 0.3) is 0 Å². The van der Waals surface area contributed by atoms with Gasteiger partial charge in [-0.3, -0.25) is 4.79 Å². The lowest BCUT2D eigenvalue weighted by Gasteiger charge is -2.29. The second kappa shape index (κ2) is 4.56. The number of rotatable bonds is 3. The molecule has 0 aliphatic heterocycles. The molecular weight excluding hydrogens is 200 g/mol. The summed E-state index contributed by atoms with van der Waals surface area (Å²) in [4.78, 5) is 13.7. The normalized spacial score (nSPS) is 15.6. The van der Waals surface area contributed by atoms with Crippen LogP contribution in [0.2, 0.25) is 0 Å². The van der Waals surface area contributed by atoms with Gasteiger partial charge >= 0.3 is 0 Å². The molecular formula is C13H18N2O. The highest BCUT2D eigenvalue weighted by atomic mass is 16.2. The van der Waals surface area contributed by atoms with E-state index in [-0.39, 0.29) is 11.8 Å². The van der Waals surface area contributed by atoms with Gasteiger partial charge < -0.3 is 10.6 Å². The third kappa shape index (κ3) is 2.35. The van der Waals surface area contributed by atoms with Crippen LogP contribution in [0, 0.1) is 5.92 Å². The highest BCUT2D eigenvalue weighted by Gasteiger charge is 2.27. The van der Waals surface area contributed by atoms with Crippen molar-refractivity contribution >= 4 is 11.6 Å². The average Bonchev–Trinajstić information content (AvgIpc) is 2.19. The minimum absolute atomic E-state index is 0.277. The van der Waals surface area contributed by atoms with Crippen LogP contribution in [-0.2, 0) is 11.3 Å². The van der Waals surface area contributed by atoms with Gasteiger partial charge in [-0.2, -0.15) is 0 Å². The fraction of sp³-hybridized carbons (Fsp3) is 0.462. The number of nitrogen functional groups attached to an aromatic ring is 1. The van der Waals surface area contributed by atoms with E-state index in [0.717, 1.165) is 24.1 Å². The summed E-state index contributed by atoms with van der Waals surface area (Å²) in [7, 11) is 1.87. The first-order valence-corrected chi connectivity index (χ1v) is 5.76. The monoisotopic (exact) mass is 218 g/mol. The SMILES string of the molecule is CN(Cc1ccc(N)cc1)C(=O)C1CCC1. The molecule has 2 N–H and O–H groups in total. The molecule has 3 heteroatoms. The second-order valence-corrected chi connectivity index (χ2v) is 4.56. The second-order valence-electron chi connectivity index (χ2n) is 4.56. The molecule has 0 unspecified atom stereocenters. The van der Waals surface area contributed by atoms with E-state index in [2.05, 4.69) is 0 Å². The molecule has 3 nitrogen and oxygen atoms in total. The van der Waals surface area contributed by atoms with Crippen molar-refractivity contribution in [2.75, 3.05) is 12.8 Å². The highest BCUT2D eigenvalue weighted by Crippen LogP contribution is 2.28. The molecule has 0 aromatic heterocycles. The van der Waals surface area contributed by atoms with Crippen LogP contribution in [0.15, 0.2) is 24.3 Å². The maximum atomic E-state index is 11.9. The van der Waals surface area contributed by atoms with Gasteiger partial charge in [-0.15, -0.1) is 0 Å². The predicted molar refractivity (Wildman–Crippen MR) is 64.7 cm³/mol. The van der Waals surface area contributed by atoms with Gasteiger partial charge in [-0.25, -0.2) is 0 Å². The van der Waals surface area contributed by atoms with Gasteiger partial charge in [0.05, 0.1) is 0 Å². The lowest BCUT2D eigenvalue weighted by atomic mass is 9.84. The minimum Gasteiger partial charge on any atom is -0.399 e. The number of benzene rings is 1. The van der Waals surface area contributed by atoms with Gasteiger partial charge in [0.15, 0.2) is 0 Å². The highest BCUT2D eigenvalue weighted by molar-refractivity contribution is 5.79. The van der Waals surface area contributed by atoms with Crippen LogP contribution in [0.4, 0.5) is 5.69 Å². The molecule has 0 atom stereocenters. The Labute approximate surface area is 96.2 Å². The van der Waals surface area contributed by atoms with Crippen LogP contribution < -0.4 is 5.73 Å². The van der Waals surface area contributed by atoms with E-state index in [9.17, 15) is 4.79 Å². The van der Waals surface area contributed by atoms with E-state index in [0.29, 0.717) is 6.54 Å². The lowest BCUT2D eigenvalue weighted by molar-refractivity contribution is -0.137. The number of anilines is 1. The Hall–Kier alpha value is -1.51. The largest absolute Gasteiger partial charge is 0.399 e. The van der Waals surface area contributed by atoms with Gasteiger partial charge in [0.2, 0.25) is 5.91 Å². The number of amides is 1. The zero-order chi connectivity index (χ0) is 11.5. The molecule has 1 aromatic carbocycles. The summed E-state index contributed by atoms with van der Waals surface area (Å²) in [5.74, 6) is 0.557. The summed E-state index contributed by atoms with van der Waals surface area (Å²) in [6, 6.07) is 7.69. The first kappa shape index (κ1) is 11.0. The van der Waals surface area contributed by atoms with Gasteiger partial charge in [-0.1, -0.05) is 18.6 Å². The number of nitrogens with zero attached hydrogens (tertiary/aromatic N) is 1. The van der Waals surface area contributed by atoms with Crippen LogP contribution >= 0.6 is 0 Å². The molecule has 1 aliphatic carbocycles. The number of nitrogens with two attached hydrogens (primary N) is 1. The Bertz CT molecular complexity index is 368. The molecule has 0 radical (unpaired) electrons. The van der Waals surface area contributed by atoms with E-state index >= 15 is 0 Å². The Kier molecular flexibility index (Phi) is 3.13. The molecule has 0 spiro atoms. The fourth-order valence-electron chi connectivity index (χ4n) is 1.94. The van der Waals surface area contributed by atoms with Crippen molar-refractivity contribution in [1.82, 2.24) is 4.90 Å². The van der Waals surface area contributed by atoms with Crippen molar-refractivity contribution < 1.29 is 4.79 Å². The molecule has 0 heterocycles. The van der Waals surface area contributed by atoms with E-state index in [1.807, 2.05) is 36.2 Å². The summed E-state index contributed by atoms with van der Waals surface area (Å²) >= 11 is 0. The van der Waals surface area contributed by atoms with E-state index in [4.69, 9.17) is 5.73 Å². The van der Waals surface area contributed by atoms with Crippen molar-refractivity contribution in [2.45, 2.75) is 25.8 Å². The summed E-state index contributed by atoms with van der Waals surface area (Å²) in [6.07, 6.45) is 3.32. The summed E-state index contributed by atoms with van der Waals surface area (Å²) < 4.78 is 0. The maximum absolute atomic E-state index is 11.9. The molecule has 2 rings (SSSR count). The topological polar surface area (TPSA) is 46.3 Å². The molecule has 0 saturated heterocycles. The molecule has 16 heavy (non-hydrogen) atoms. The Morgan fingerprint density at radius 2 is 2.00 bits per heavy atom. The molecule has 1 aliphatic rings. The number of carbonyl (C=O) groups is 1. The van der Waals surface area contributed by atoms with E-state index in [1.165, 1.54) is 6.42 Å².